The van der Waals surface area contributed by atoms with Crippen LogP contribution in [-0.2, 0) is 6.54 Å². The maximum atomic E-state index is 9.38. The van der Waals surface area contributed by atoms with Gasteiger partial charge in [0, 0.05) is 25.7 Å². The predicted octanol–water partition coefficient (Wildman–Crippen LogP) is 1.19. The Hall–Kier alpha value is -1.06. The van der Waals surface area contributed by atoms with Crippen LogP contribution in [0.1, 0.15) is 12.5 Å². The summed E-state index contributed by atoms with van der Waals surface area (Å²) in [4.78, 5) is 2.44. The monoisotopic (exact) mass is 206 g/mol. The summed E-state index contributed by atoms with van der Waals surface area (Å²) in [6.45, 7) is 6.35. The molecule has 1 aliphatic heterocycles. The van der Waals surface area contributed by atoms with Gasteiger partial charge in [0.1, 0.15) is 5.75 Å². The molecule has 0 aliphatic carbocycles. The Labute approximate surface area is 90.7 Å². The minimum absolute atomic E-state index is 0.357. The summed E-state index contributed by atoms with van der Waals surface area (Å²) in [7, 11) is 0. The van der Waals surface area contributed by atoms with E-state index in [4.69, 9.17) is 0 Å². The van der Waals surface area contributed by atoms with Crippen molar-refractivity contribution >= 4 is 0 Å². The fourth-order valence-corrected chi connectivity index (χ4v) is 1.92. The van der Waals surface area contributed by atoms with Crippen molar-refractivity contribution in [1.82, 2.24) is 10.2 Å². The number of phenolic OH excluding ortho intramolecular Hbond substituents is 1. The van der Waals surface area contributed by atoms with Crippen LogP contribution in [0.15, 0.2) is 24.3 Å². The lowest BCUT2D eigenvalue weighted by Crippen LogP contribution is -2.56. The lowest BCUT2D eigenvalue weighted by atomic mass is 10.1. The van der Waals surface area contributed by atoms with Gasteiger partial charge in [-0.05, 0) is 24.2 Å². The summed E-state index contributed by atoms with van der Waals surface area (Å²) in [5.41, 5.74) is 1.18. The third-order valence-electron chi connectivity index (χ3n) is 2.98. The average Bonchev–Trinajstić information content (AvgIpc) is 2.14. The second-order valence-corrected chi connectivity index (χ2v) is 4.05. The summed E-state index contributed by atoms with van der Waals surface area (Å²) >= 11 is 0. The molecule has 1 aromatic carbocycles. The van der Waals surface area contributed by atoms with Crippen molar-refractivity contribution in [2.75, 3.05) is 19.6 Å². The minimum atomic E-state index is 0.357. The smallest absolute Gasteiger partial charge is 0.115 e. The van der Waals surface area contributed by atoms with E-state index in [1.165, 1.54) is 5.56 Å². The third-order valence-corrected chi connectivity index (χ3v) is 2.98. The highest BCUT2D eigenvalue weighted by molar-refractivity contribution is 5.27. The van der Waals surface area contributed by atoms with E-state index >= 15 is 0 Å². The highest BCUT2D eigenvalue weighted by Crippen LogP contribution is 2.15. The fourth-order valence-electron chi connectivity index (χ4n) is 1.92. The van der Waals surface area contributed by atoms with Gasteiger partial charge in [0.25, 0.3) is 0 Å². The first-order valence-electron chi connectivity index (χ1n) is 5.52. The quantitative estimate of drug-likeness (QED) is 0.776. The van der Waals surface area contributed by atoms with Gasteiger partial charge in [-0.15, -0.1) is 0 Å². The second-order valence-electron chi connectivity index (χ2n) is 4.05. The number of phenols is 1. The number of hydrogen-bond donors (Lipinski definition) is 2. The Kier molecular flexibility index (Phi) is 3.23. The van der Waals surface area contributed by atoms with Gasteiger partial charge in [0.2, 0.25) is 0 Å². The Morgan fingerprint density at radius 1 is 1.47 bits per heavy atom. The zero-order chi connectivity index (χ0) is 10.7. The van der Waals surface area contributed by atoms with Crippen molar-refractivity contribution in [3.05, 3.63) is 29.8 Å². The third kappa shape index (κ3) is 2.49. The molecule has 0 amide bonds. The van der Waals surface area contributed by atoms with Crippen LogP contribution in [-0.4, -0.2) is 35.7 Å². The summed E-state index contributed by atoms with van der Waals surface area (Å²) < 4.78 is 0. The molecule has 0 spiro atoms. The first-order chi connectivity index (χ1) is 7.29. The van der Waals surface area contributed by atoms with Crippen LogP contribution in [0.2, 0.25) is 0 Å². The van der Waals surface area contributed by atoms with E-state index in [1.54, 1.807) is 6.07 Å². The Balaban J connectivity index is 1.99. The molecule has 3 heteroatoms. The van der Waals surface area contributed by atoms with Crippen molar-refractivity contribution in [3.8, 4) is 5.75 Å². The zero-order valence-corrected chi connectivity index (χ0v) is 9.11. The standard InChI is InChI=1S/C12H18N2O/c1-2-14(11-7-13-8-11)9-10-4-3-5-12(15)6-10/h3-6,11,13,15H,2,7-9H2,1H3. The molecule has 0 unspecified atom stereocenters. The number of nitrogens with zero attached hydrogens (tertiary/aromatic N) is 1. The number of benzene rings is 1. The number of nitrogens with one attached hydrogen (secondary N) is 1. The van der Waals surface area contributed by atoms with Crippen LogP contribution in [0.25, 0.3) is 0 Å². The summed E-state index contributed by atoms with van der Waals surface area (Å²) in [6.07, 6.45) is 0. The van der Waals surface area contributed by atoms with Crippen LogP contribution < -0.4 is 5.32 Å². The van der Waals surface area contributed by atoms with E-state index < -0.39 is 0 Å². The molecule has 1 saturated heterocycles. The molecule has 82 valence electrons. The first-order valence-corrected chi connectivity index (χ1v) is 5.52. The normalized spacial score (nSPS) is 16.7. The van der Waals surface area contributed by atoms with E-state index in [0.29, 0.717) is 11.8 Å². The molecule has 1 aliphatic rings. The van der Waals surface area contributed by atoms with Crippen molar-refractivity contribution in [1.29, 1.82) is 0 Å². The summed E-state index contributed by atoms with van der Waals surface area (Å²) in [6, 6.07) is 8.18. The molecule has 2 N–H and O–H groups in total. The summed E-state index contributed by atoms with van der Waals surface area (Å²) in [5, 5.41) is 12.7. The highest BCUT2D eigenvalue weighted by atomic mass is 16.3. The number of aromatic hydroxyl groups is 1. The van der Waals surface area contributed by atoms with Gasteiger partial charge in [0.15, 0.2) is 0 Å². The molecular formula is C12H18N2O. The van der Waals surface area contributed by atoms with Crippen molar-refractivity contribution in [2.45, 2.75) is 19.5 Å². The Morgan fingerprint density at radius 2 is 2.27 bits per heavy atom. The van der Waals surface area contributed by atoms with Crippen LogP contribution in [0, 0.1) is 0 Å². The van der Waals surface area contributed by atoms with Crippen LogP contribution in [0.4, 0.5) is 0 Å². The van der Waals surface area contributed by atoms with Crippen molar-refractivity contribution < 1.29 is 5.11 Å². The molecule has 0 bridgehead atoms. The second kappa shape index (κ2) is 4.64. The van der Waals surface area contributed by atoms with Gasteiger partial charge in [-0.25, -0.2) is 0 Å². The molecule has 3 nitrogen and oxygen atoms in total. The van der Waals surface area contributed by atoms with Crippen LogP contribution >= 0.6 is 0 Å². The molecular weight excluding hydrogens is 188 g/mol. The van der Waals surface area contributed by atoms with E-state index in [2.05, 4.69) is 23.2 Å². The molecule has 1 heterocycles. The summed E-state index contributed by atoms with van der Waals surface area (Å²) in [5.74, 6) is 0.357. The van der Waals surface area contributed by atoms with Crippen molar-refractivity contribution in [2.24, 2.45) is 0 Å². The molecule has 0 saturated carbocycles. The topological polar surface area (TPSA) is 35.5 Å². The van der Waals surface area contributed by atoms with E-state index in [0.717, 1.165) is 26.2 Å². The maximum Gasteiger partial charge on any atom is 0.115 e. The lowest BCUT2D eigenvalue weighted by Gasteiger charge is -2.37. The minimum Gasteiger partial charge on any atom is -0.508 e. The predicted molar refractivity (Wildman–Crippen MR) is 60.8 cm³/mol. The molecule has 2 rings (SSSR count). The van der Waals surface area contributed by atoms with Crippen molar-refractivity contribution in [3.63, 3.8) is 0 Å². The van der Waals surface area contributed by atoms with Gasteiger partial charge in [-0.2, -0.15) is 0 Å². The maximum absolute atomic E-state index is 9.38. The molecule has 1 fully saturated rings. The van der Waals surface area contributed by atoms with Gasteiger partial charge in [-0.3, -0.25) is 4.90 Å². The number of likely N-dealkylation sites (N-methyl/N-ethyl adjacent to an activating group) is 1. The van der Waals surface area contributed by atoms with Gasteiger partial charge < -0.3 is 10.4 Å². The number of hydrogen-bond acceptors (Lipinski definition) is 3. The molecule has 0 atom stereocenters. The SMILES string of the molecule is CCN(Cc1cccc(O)c1)C1CNC1. The molecule has 0 aromatic heterocycles. The van der Waals surface area contributed by atoms with Crippen LogP contribution in [0.3, 0.4) is 0 Å². The molecule has 0 radical (unpaired) electrons. The fraction of sp³-hybridized carbons (Fsp3) is 0.500. The van der Waals surface area contributed by atoms with E-state index in [1.807, 2.05) is 12.1 Å². The largest absolute Gasteiger partial charge is 0.508 e. The van der Waals surface area contributed by atoms with E-state index in [-0.39, 0.29) is 0 Å². The average molecular weight is 206 g/mol. The first kappa shape index (κ1) is 10.5. The zero-order valence-electron chi connectivity index (χ0n) is 9.11. The van der Waals surface area contributed by atoms with Gasteiger partial charge in [0.05, 0.1) is 0 Å². The van der Waals surface area contributed by atoms with Crippen LogP contribution in [0.5, 0.6) is 5.75 Å². The Bertz CT molecular complexity index is 323. The van der Waals surface area contributed by atoms with Gasteiger partial charge >= 0.3 is 0 Å². The molecule has 1 aromatic rings. The van der Waals surface area contributed by atoms with E-state index in [9.17, 15) is 5.11 Å². The lowest BCUT2D eigenvalue weighted by molar-refractivity contribution is 0.145. The number of rotatable bonds is 4. The Morgan fingerprint density at radius 3 is 2.80 bits per heavy atom. The molecule has 15 heavy (non-hydrogen) atoms. The highest BCUT2D eigenvalue weighted by Gasteiger charge is 2.22. The van der Waals surface area contributed by atoms with Gasteiger partial charge in [-0.1, -0.05) is 19.1 Å².